The lowest BCUT2D eigenvalue weighted by Crippen LogP contribution is -2.40. The van der Waals surface area contributed by atoms with Gasteiger partial charge < -0.3 is 16.2 Å². The number of aryl methyl sites for hydroxylation is 3. The lowest BCUT2D eigenvalue weighted by Gasteiger charge is -2.13. The first-order valence-corrected chi connectivity index (χ1v) is 5.67. The van der Waals surface area contributed by atoms with Gasteiger partial charge in [0.25, 0.3) is 0 Å². The predicted molar refractivity (Wildman–Crippen MR) is 68.0 cm³/mol. The first-order chi connectivity index (χ1) is 7.91. The van der Waals surface area contributed by atoms with Crippen LogP contribution in [0.4, 0.5) is 0 Å². The van der Waals surface area contributed by atoms with Crippen LogP contribution in [0.3, 0.4) is 0 Å². The fraction of sp³-hybridized carbons (Fsp3) is 0.462. The molecule has 4 heteroatoms. The van der Waals surface area contributed by atoms with Crippen molar-refractivity contribution in [2.24, 2.45) is 5.73 Å². The molecule has 0 fully saturated rings. The largest absolute Gasteiger partial charge is 0.480 e. The Morgan fingerprint density at radius 3 is 2.35 bits per heavy atom. The molecule has 4 nitrogen and oxygen atoms in total. The van der Waals surface area contributed by atoms with Crippen LogP contribution in [-0.2, 0) is 11.3 Å². The maximum absolute atomic E-state index is 10.6. The van der Waals surface area contributed by atoms with Crippen LogP contribution in [0.2, 0.25) is 0 Å². The summed E-state index contributed by atoms with van der Waals surface area (Å²) in [5.41, 5.74) is 10.3. The molecule has 0 aliphatic heterocycles. The second kappa shape index (κ2) is 5.80. The molecule has 1 aromatic rings. The second-order valence-corrected chi connectivity index (χ2v) is 4.45. The maximum Gasteiger partial charge on any atom is 0.321 e. The predicted octanol–water partition coefficient (Wildman–Crippen LogP) is 1.11. The van der Waals surface area contributed by atoms with E-state index >= 15 is 0 Å². The standard InChI is InChI=1S/C13H20N2O2/c1-8-4-9(2)11(10(3)5-8)6-15-7-12(14)13(16)17/h4-5,12,15H,6-7,14H2,1-3H3,(H,16,17). The smallest absolute Gasteiger partial charge is 0.321 e. The molecule has 17 heavy (non-hydrogen) atoms. The van der Waals surface area contributed by atoms with Gasteiger partial charge in [-0.25, -0.2) is 0 Å². The van der Waals surface area contributed by atoms with E-state index in [4.69, 9.17) is 10.8 Å². The summed E-state index contributed by atoms with van der Waals surface area (Å²) >= 11 is 0. The van der Waals surface area contributed by atoms with Gasteiger partial charge in [-0.15, -0.1) is 0 Å². The molecular formula is C13H20N2O2. The van der Waals surface area contributed by atoms with E-state index in [-0.39, 0.29) is 6.54 Å². The Morgan fingerprint density at radius 1 is 1.35 bits per heavy atom. The molecule has 0 bridgehead atoms. The normalized spacial score (nSPS) is 12.5. The highest BCUT2D eigenvalue weighted by atomic mass is 16.4. The van der Waals surface area contributed by atoms with Crippen molar-refractivity contribution in [3.63, 3.8) is 0 Å². The maximum atomic E-state index is 10.6. The van der Waals surface area contributed by atoms with E-state index in [1.165, 1.54) is 22.3 Å². The van der Waals surface area contributed by atoms with Crippen molar-refractivity contribution >= 4 is 5.97 Å². The molecule has 0 aromatic heterocycles. The van der Waals surface area contributed by atoms with Crippen LogP contribution in [-0.4, -0.2) is 23.7 Å². The van der Waals surface area contributed by atoms with Crippen molar-refractivity contribution in [2.75, 3.05) is 6.54 Å². The van der Waals surface area contributed by atoms with Gasteiger partial charge in [0.2, 0.25) is 0 Å². The summed E-state index contributed by atoms with van der Waals surface area (Å²) in [6.45, 7) is 7.13. The second-order valence-electron chi connectivity index (χ2n) is 4.45. The van der Waals surface area contributed by atoms with Gasteiger partial charge in [-0.2, -0.15) is 0 Å². The van der Waals surface area contributed by atoms with Gasteiger partial charge in [0, 0.05) is 13.1 Å². The Labute approximate surface area is 102 Å². The summed E-state index contributed by atoms with van der Waals surface area (Å²) in [6, 6.07) is 3.41. The number of carbonyl (C=O) groups is 1. The van der Waals surface area contributed by atoms with E-state index in [0.717, 1.165) is 0 Å². The zero-order valence-corrected chi connectivity index (χ0v) is 10.6. The Hall–Kier alpha value is -1.39. The fourth-order valence-electron chi connectivity index (χ4n) is 1.93. The average molecular weight is 236 g/mol. The number of carboxylic acids is 1. The third kappa shape index (κ3) is 3.84. The van der Waals surface area contributed by atoms with E-state index in [0.29, 0.717) is 6.54 Å². The van der Waals surface area contributed by atoms with E-state index < -0.39 is 12.0 Å². The van der Waals surface area contributed by atoms with Crippen LogP contribution < -0.4 is 11.1 Å². The van der Waals surface area contributed by atoms with Crippen LogP contribution in [0.15, 0.2) is 12.1 Å². The quantitative estimate of drug-likeness (QED) is 0.716. The lowest BCUT2D eigenvalue weighted by atomic mass is 10.00. The molecule has 1 rings (SSSR count). The van der Waals surface area contributed by atoms with Crippen LogP contribution in [0.5, 0.6) is 0 Å². The first kappa shape index (κ1) is 13.7. The Bertz CT molecular complexity index is 393. The minimum atomic E-state index is -0.977. The molecule has 0 aliphatic rings. The minimum absolute atomic E-state index is 0.280. The van der Waals surface area contributed by atoms with E-state index in [9.17, 15) is 4.79 Å². The third-order valence-electron chi connectivity index (χ3n) is 2.82. The first-order valence-electron chi connectivity index (χ1n) is 5.67. The average Bonchev–Trinajstić information content (AvgIpc) is 2.21. The molecule has 4 N–H and O–H groups in total. The summed E-state index contributed by atoms with van der Waals surface area (Å²) in [6.07, 6.45) is 0. The van der Waals surface area contributed by atoms with Crippen molar-refractivity contribution in [1.29, 1.82) is 0 Å². The fourth-order valence-corrected chi connectivity index (χ4v) is 1.93. The molecule has 0 aliphatic carbocycles. The molecule has 94 valence electrons. The molecule has 0 radical (unpaired) electrons. The zero-order valence-electron chi connectivity index (χ0n) is 10.6. The zero-order chi connectivity index (χ0) is 13.0. The van der Waals surface area contributed by atoms with Crippen molar-refractivity contribution in [2.45, 2.75) is 33.4 Å². The van der Waals surface area contributed by atoms with Crippen LogP contribution in [0, 0.1) is 20.8 Å². The molecule has 0 spiro atoms. The van der Waals surface area contributed by atoms with Crippen LogP contribution in [0.1, 0.15) is 22.3 Å². The summed E-state index contributed by atoms with van der Waals surface area (Å²) in [5, 5.41) is 11.7. The molecular weight excluding hydrogens is 216 g/mol. The number of nitrogens with two attached hydrogens (primary N) is 1. The SMILES string of the molecule is Cc1cc(C)c(CNCC(N)C(=O)O)c(C)c1. The highest BCUT2D eigenvalue weighted by Gasteiger charge is 2.11. The molecule has 0 heterocycles. The topological polar surface area (TPSA) is 75.3 Å². The molecule has 0 saturated carbocycles. The van der Waals surface area contributed by atoms with Gasteiger partial charge in [-0.3, -0.25) is 4.79 Å². The van der Waals surface area contributed by atoms with Gasteiger partial charge >= 0.3 is 5.97 Å². The van der Waals surface area contributed by atoms with Crippen LogP contribution in [0.25, 0.3) is 0 Å². The van der Waals surface area contributed by atoms with Gasteiger partial charge in [0.05, 0.1) is 0 Å². The van der Waals surface area contributed by atoms with Gasteiger partial charge in [0.15, 0.2) is 0 Å². The van der Waals surface area contributed by atoms with Crippen molar-refractivity contribution in [1.82, 2.24) is 5.32 Å². The highest BCUT2D eigenvalue weighted by molar-refractivity contribution is 5.73. The molecule has 1 unspecified atom stereocenters. The molecule has 1 atom stereocenters. The number of carboxylic acid groups (broad SMARTS) is 1. The summed E-state index contributed by atoms with van der Waals surface area (Å²) in [7, 11) is 0. The summed E-state index contributed by atoms with van der Waals surface area (Å²) in [4.78, 5) is 10.6. The van der Waals surface area contributed by atoms with Gasteiger partial charge in [-0.05, 0) is 37.5 Å². The number of rotatable bonds is 5. The third-order valence-corrected chi connectivity index (χ3v) is 2.82. The lowest BCUT2D eigenvalue weighted by molar-refractivity contribution is -0.138. The number of nitrogens with one attached hydrogen (secondary N) is 1. The van der Waals surface area contributed by atoms with Crippen molar-refractivity contribution in [3.05, 3.63) is 34.4 Å². The Kier molecular flexibility index (Phi) is 4.66. The Morgan fingerprint density at radius 2 is 1.88 bits per heavy atom. The summed E-state index contributed by atoms with van der Waals surface area (Å²) < 4.78 is 0. The van der Waals surface area contributed by atoms with E-state index in [2.05, 4.69) is 38.2 Å². The van der Waals surface area contributed by atoms with Gasteiger partial charge in [0.1, 0.15) is 6.04 Å². The molecule has 0 saturated heterocycles. The van der Waals surface area contributed by atoms with Crippen LogP contribution >= 0.6 is 0 Å². The van der Waals surface area contributed by atoms with E-state index in [1.54, 1.807) is 0 Å². The van der Waals surface area contributed by atoms with E-state index in [1.807, 2.05) is 0 Å². The monoisotopic (exact) mass is 236 g/mol. The Balaban J connectivity index is 2.61. The number of hydrogen-bond acceptors (Lipinski definition) is 3. The van der Waals surface area contributed by atoms with Crippen molar-refractivity contribution in [3.8, 4) is 0 Å². The van der Waals surface area contributed by atoms with Crippen molar-refractivity contribution < 1.29 is 9.90 Å². The highest BCUT2D eigenvalue weighted by Crippen LogP contribution is 2.15. The summed E-state index contributed by atoms with van der Waals surface area (Å²) in [5.74, 6) is -0.977. The van der Waals surface area contributed by atoms with Gasteiger partial charge in [-0.1, -0.05) is 17.7 Å². The number of aliphatic carboxylic acids is 1. The number of benzene rings is 1. The molecule has 1 aromatic carbocycles. The minimum Gasteiger partial charge on any atom is -0.480 e. The molecule has 0 amide bonds. The number of hydrogen-bond donors (Lipinski definition) is 3.